The summed E-state index contributed by atoms with van der Waals surface area (Å²) in [4.78, 5) is 27.5. The first-order chi connectivity index (χ1) is 13.2. The van der Waals surface area contributed by atoms with E-state index >= 15 is 0 Å². The number of rotatable bonds is 6. The Morgan fingerprint density at radius 2 is 1.70 bits per heavy atom. The molecule has 1 aliphatic heterocycles. The number of methoxy groups -OCH3 is 2. The van der Waals surface area contributed by atoms with Gasteiger partial charge in [0.15, 0.2) is 0 Å². The van der Waals surface area contributed by atoms with E-state index in [0.717, 1.165) is 12.0 Å². The van der Waals surface area contributed by atoms with Gasteiger partial charge >= 0.3 is 0 Å². The second kappa shape index (κ2) is 8.58. The van der Waals surface area contributed by atoms with Gasteiger partial charge in [-0.3, -0.25) is 9.59 Å². The van der Waals surface area contributed by atoms with Gasteiger partial charge in [-0.2, -0.15) is 0 Å². The second-order valence-corrected chi connectivity index (χ2v) is 6.40. The normalized spacial score (nSPS) is 16.1. The first kappa shape index (κ1) is 18.8. The van der Waals surface area contributed by atoms with Gasteiger partial charge < -0.3 is 19.7 Å². The number of hydrogen-bond acceptors (Lipinski definition) is 4. The van der Waals surface area contributed by atoms with Crippen LogP contribution in [0.3, 0.4) is 0 Å². The summed E-state index contributed by atoms with van der Waals surface area (Å²) in [5.74, 6) is 0.490. The van der Waals surface area contributed by atoms with Crippen LogP contribution in [0.15, 0.2) is 48.5 Å². The molecular weight excluding hydrogens is 344 g/mol. The number of amides is 2. The first-order valence-electron chi connectivity index (χ1n) is 8.99. The van der Waals surface area contributed by atoms with E-state index in [1.165, 1.54) is 14.2 Å². The minimum Gasteiger partial charge on any atom is -0.496 e. The Morgan fingerprint density at radius 1 is 1.04 bits per heavy atom. The average Bonchev–Trinajstić information content (AvgIpc) is 3.21. The van der Waals surface area contributed by atoms with E-state index in [2.05, 4.69) is 5.32 Å². The minimum atomic E-state index is -0.490. The van der Waals surface area contributed by atoms with Crippen LogP contribution in [0.25, 0.3) is 0 Å². The summed E-state index contributed by atoms with van der Waals surface area (Å²) in [6.45, 7) is 0.972. The molecule has 0 aromatic heterocycles. The molecule has 0 unspecified atom stereocenters. The molecule has 2 aromatic rings. The lowest BCUT2D eigenvalue weighted by molar-refractivity contribution is -0.125. The summed E-state index contributed by atoms with van der Waals surface area (Å²) in [5.41, 5.74) is 1.37. The predicted octanol–water partition coefficient (Wildman–Crippen LogP) is 2.62. The van der Waals surface area contributed by atoms with Gasteiger partial charge in [-0.1, -0.05) is 36.4 Å². The van der Waals surface area contributed by atoms with Crippen LogP contribution < -0.4 is 14.8 Å². The van der Waals surface area contributed by atoms with Gasteiger partial charge in [-0.05, 0) is 30.5 Å². The van der Waals surface area contributed by atoms with Crippen molar-refractivity contribution in [2.45, 2.75) is 25.4 Å². The van der Waals surface area contributed by atoms with E-state index in [9.17, 15) is 9.59 Å². The molecule has 1 saturated heterocycles. The topological polar surface area (TPSA) is 67.9 Å². The number of carbonyl (C=O) groups is 2. The van der Waals surface area contributed by atoms with Gasteiger partial charge in [-0.15, -0.1) is 0 Å². The van der Waals surface area contributed by atoms with Crippen LogP contribution in [0, 0.1) is 0 Å². The quantitative estimate of drug-likeness (QED) is 0.851. The van der Waals surface area contributed by atoms with Crippen molar-refractivity contribution in [3.8, 4) is 11.5 Å². The molecule has 2 amide bonds. The van der Waals surface area contributed by atoms with E-state index in [0.29, 0.717) is 36.6 Å². The Kier molecular flexibility index (Phi) is 5.96. The van der Waals surface area contributed by atoms with E-state index < -0.39 is 6.04 Å². The van der Waals surface area contributed by atoms with Gasteiger partial charge in [0, 0.05) is 13.1 Å². The molecule has 0 saturated carbocycles. The second-order valence-electron chi connectivity index (χ2n) is 6.40. The molecule has 3 rings (SSSR count). The van der Waals surface area contributed by atoms with E-state index in [1.807, 2.05) is 30.3 Å². The highest BCUT2D eigenvalue weighted by Gasteiger charge is 2.36. The molecule has 1 heterocycles. The maximum absolute atomic E-state index is 13.2. The van der Waals surface area contributed by atoms with Gasteiger partial charge in [0.2, 0.25) is 5.91 Å². The molecule has 0 spiro atoms. The van der Waals surface area contributed by atoms with Crippen LogP contribution in [-0.2, 0) is 11.3 Å². The van der Waals surface area contributed by atoms with Crippen molar-refractivity contribution in [2.75, 3.05) is 20.8 Å². The first-order valence-corrected chi connectivity index (χ1v) is 8.99. The summed E-state index contributed by atoms with van der Waals surface area (Å²) < 4.78 is 10.7. The lowest BCUT2D eigenvalue weighted by atomic mass is 10.1. The lowest BCUT2D eigenvalue weighted by Crippen LogP contribution is -2.45. The number of hydrogen-bond donors (Lipinski definition) is 1. The largest absolute Gasteiger partial charge is 0.496 e. The fourth-order valence-corrected chi connectivity index (χ4v) is 3.39. The van der Waals surface area contributed by atoms with Crippen LogP contribution in [0.4, 0.5) is 0 Å². The summed E-state index contributed by atoms with van der Waals surface area (Å²) in [7, 11) is 3.03. The fourth-order valence-electron chi connectivity index (χ4n) is 3.39. The van der Waals surface area contributed by atoms with Gasteiger partial charge in [0.1, 0.15) is 23.1 Å². The summed E-state index contributed by atoms with van der Waals surface area (Å²) >= 11 is 0. The highest BCUT2D eigenvalue weighted by atomic mass is 16.5. The maximum atomic E-state index is 13.2. The fraction of sp³-hybridized carbons (Fsp3) is 0.333. The van der Waals surface area contributed by atoms with Crippen molar-refractivity contribution in [3.05, 3.63) is 59.7 Å². The Bertz CT molecular complexity index is 785. The zero-order valence-corrected chi connectivity index (χ0v) is 15.6. The Hall–Kier alpha value is -3.02. The standard InChI is InChI=1S/C21H24N2O4/c1-26-17-11-6-12-18(27-2)19(17)21(25)23-13-7-10-16(23)20(24)22-14-15-8-4-3-5-9-15/h3-6,8-9,11-12,16H,7,10,13-14H2,1-2H3,(H,22,24)/t16-/m1/s1. The highest BCUT2D eigenvalue weighted by Crippen LogP contribution is 2.32. The molecule has 142 valence electrons. The van der Waals surface area contributed by atoms with Gasteiger partial charge in [-0.25, -0.2) is 0 Å². The van der Waals surface area contributed by atoms with Crippen molar-refractivity contribution >= 4 is 11.8 Å². The van der Waals surface area contributed by atoms with Crippen LogP contribution in [0.1, 0.15) is 28.8 Å². The number of carbonyl (C=O) groups excluding carboxylic acids is 2. The molecule has 6 nitrogen and oxygen atoms in total. The lowest BCUT2D eigenvalue weighted by Gasteiger charge is -2.25. The molecule has 1 N–H and O–H groups in total. The summed E-state index contributed by atoms with van der Waals surface area (Å²) in [6.07, 6.45) is 1.43. The number of benzene rings is 2. The Morgan fingerprint density at radius 3 is 2.33 bits per heavy atom. The molecule has 0 bridgehead atoms. The predicted molar refractivity (Wildman–Crippen MR) is 102 cm³/mol. The molecule has 6 heteroatoms. The van der Waals surface area contributed by atoms with Crippen molar-refractivity contribution in [1.82, 2.24) is 10.2 Å². The molecule has 0 aliphatic carbocycles. The third-order valence-corrected chi connectivity index (χ3v) is 4.77. The van der Waals surface area contributed by atoms with E-state index in [4.69, 9.17) is 9.47 Å². The van der Waals surface area contributed by atoms with Crippen molar-refractivity contribution < 1.29 is 19.1 Å². The van der Waals surface area contributed by atoms with Crippen LogP contribution in [-0.4, -0.2) is 43.5 Å². The molecule has 1 fully saturated rings. The summed E-state index contributed by atoms with van der Waals surface area (Å²) in [6, 6.07) is 14.4. The smallest absolute Gasteiger partial charge is 0.262 e. The van der Waals surface area contributed by atoms with Crippen molar-refractivity contribution in [2.24, 2.45) is 0 Å². The van der Waals surface area contributed by atoms with Gasteiger partial charge in [0.05, 0.1) is 14.2 Å². The monoisotopic (exact) mass is 368 g/mol. The van der Waals surface area contributed by atoms with Crippen molar-refractivity contribution in [1.29, 1.82) is 0 Å². The van der Waals surface area contributed by atoms with Crippen LogP contribution in [0.2, 0.25) is 0 Å². The number of ether oxygens (including phenoxy) is 2. The van der Waals surface area contributed by atoms with Gasteiger partial charge in [0.25, 0.3) is 5.91 Å². The molecule has 1 atom stereocenters. The zero-order chi connectivity index (χ0) is 19.2. The summed E-state index contributed by atoms with van der Waals surface area (Å²) in [5, 5.41) is 2.94. The third-order valence-electron chi connectivity index (χ3n) is 4.77. The highest BCUT2D eigenvalue weighted by molar-refractivity contribution is 6.02. The van der Waals surface area contributed by atoms with E-state index in [-0.39, 0.29) is 11.8 Å². The van der Waals surface area contributed by atoms with Crippen LogP contribution >= 0.6 is 0 Å². The number of nitrogens with zero attached hydrogens (tertiary/aromatic N) is 1. The third kappa shape index (κ3) is 4.05. The Labute approximate surface area is 159 Å². The Balaban J connectivity index is 1.76. The molecule has 2 aromatic carbocycles. The van der Waals surface area contributed by atoms with E-state index in [1.54, 1.807) is 23.1 Å². The number of nitrogens with one attached hydrogen (secondary N) is 1. The zero-order valence-electron chi connectivity index (χ0n) is 15.6. The van der Waals surface area contributed by atoms with Crippen molar-refractivity contribution in [3.63, 3.8) is 0 Å². The minimum absolute atomic E-state index is 0.140. The average molecular weight is 368 g/mol. The van der Waals surface area contributed by atoms with Crippen LogP contribution in [0.5, 0.6) is 11.5 Å². The SMILES string of the molecule is COc1cccc(OC)c1C(=O)N1CCC[C@@H]1C(=O)NCc1ccccc1. The molecule has 27 heavy (non-hydrogen) atoms. The number of likely N-dealkylation sites (tertiary alicyclic amines) is 1. The molecular formula is C21H24N2O4. The maximum Gasteiger partial charge on any atom is 0.262 e. The molecule has 0 radical (unpaired) electrons. The molecule has 1 aliphatic rings.